The molecule has 3 aromatic rings. The number of alkyl carbamates (subject to hydrolysis) is 1. The van der Waals surface area contributed by atoms with Crippen LogP contribution in [0.4, 0.5) is 4.79 Å². The number of hydrogen-bond acceptors (Lipinski definition) is 4. The summed E-state index contributed by atoms with van der Waals surface area (Å²) in [5.41, 5.74) is 5.87. The van der Waals surface area contributed by atoms with Crippen molar-refractivity contribution in [3.63, 3.8) is 0 Å². The predicted octanol–water partition coefficient (Wildman–Crippen LogP) is 3.01. The Labute approximate surface area is 183 Å². The minimum absolute atomic E-state index is 0.0157. The minimum atomic E-state index is -1.54. The van der Waals surface area contributed by atoms with Crippen LogP contribution in [-0.2, 0) is 11.3 Å². The third-order valence-electron chi connectivity index (χ3n) is 5.06. The first-order valence-corrected chi connectivity index (χ1v) is 10.3. The van der Waals surface area contributed by atoms with Gasteiger partial charge in [-0.05, 0) is 68.0 Å². The number of halogens is 1. The Morgan fingerprint density at radius 3 is 2.24 bits per heavy atom. The van der Waals surface area contributed by atoms with E-state index in [0.29, 0.717) is 5.46 Å². The maximum absolute atomic E-state index is 12.3. The molecule has 1 amide bonds. The Morgan fingerprint density at radius 1 is 1.00 bits per heavy atom. The van der Waals surface area contributed by atoms with E-state index >= 15 is 0 Å². The summed E-state index contributed by atoms with van der Waals surface area (Å²) in [6, 6.07) is 21.6. The van der Waals surface area contributed by atoms with E-state index in [9.17, 15) is 14.8 Å². The molecule has 1 aliphatic rings. The zero-order valence-corrected chi connectivity index (χ0v) is 17.7. The van der Waals surface area contributed by atoms with E-state index in [1.807, 2.05) is 30.3 Å². The lowest BCUT2D eigenvalue weighted by molar-refractivity contribution is 0.142. The number of fused-ring (bicyclic) bond motifs is 3. The highest BCUT2D eigenvalue weighted by Gasteiger charge is 2.28. The molecule has 0 aromatic heterocycles. The van der Waals surface area contributed by atoms with Crippen LogP contribution in [0.3, 0.4) is 0 Å². The van der Waals surface area contributed by atoms with Gasteiger partial charge in [0, 0.05) is 16.0 Å². The number of benzene rings is 3. The number of hydrogen-bond donors (Lipinski definition) is 3. The van der Waals surface area contributed by atoms with Crippen molar-refractivity contribution >= 4 is 41.3 Å². The quantitative estimate of drug-likeness (QED) is 0.373. The van der Waals surface area contributed by atoms with Crippen molar-refractivity contribution in [3.05, 3.63) is 87.0 Å². The number of nitrogens with one attached hydrogen (secondary N) is 1. The van der Waals surface area contributed by atoms with Gasteiger partial charge in [-0.15, -0.1) is 0 Å². The van der Waals surface area contributed by atoms with E-state index < -0.39 is 13.2 Å². The van der Waals surface area contributed by atoms with Gasteiger partial charge < -0.3 is 20.1 Å². The number of amides is 1. The lowest BCUT2D eigenvalue weighted by Crippen LogP contribution is -2.31. The molecule has 0 heterocycles. The van der Waals surface area contributed by atoms with E-state index in [4.69, 9.17) is 4.74 Å². The molecule has 3 N–H and O–H groups in total. The Bertz CT molecular complexity index is 1010. The van der Waals surface area contributed by atoms with Crippen LogP contribution < -0.4 is 10.8 Å². The van der Waals surface area contributed by atoms with Gasteiger partial charge >= 0.3 is 13.2 Å². The fourth-order valence-corrected chi connectivity index (χ4v) is 4.51. The van der Waals surface area contributed by atoms with Crippen LogP contribution in [-0.4, -0.2) is 29.9 Å². The van der Waals surface area contributed by atoms with Crippen LogP contribution in [0.2, 0.25) is 0 Å². The summed E-state index contributed by atoms with van der Waals surface area (Å²) in [7, 11) is -1.54. The summed E-state index contributed by atoms with van der Waals surface area (Å²) < 4.78 is 6.38. The van der Waals surface area contributed by atoms with Gasteiger partial charge in [0.2, 0.25) is 0 Å². The number of ether oxygens (including phenoxy) is 1. The van der Waals surface area contributed by atoms with Gasteiger partial charge in [0.1, 0.15) is 6.61 Å². The molecule has 0 bridgehead atoms. The van der Waals surface area contributed by atoms with Crippen molar-refractivity contribution in [2.45, 2.75) is 12.5 Å². The molecule has 29 heavy (non-hydrogen) atoms. The standard InChI is InChI=1S/C22H19BINO4/c24-16-10-14(9-15(11-16)23(27)28)12-25-22(26)29-13-21-19-7-3-1-5-17(19)18-6-2-4-8-20(18)21/h1-11,21,27-28H,12-13H2,(H,25,26). The van der Waals surface area contributed by atoms with Crippen molar-refractivity contribution in [2.75, 3.05) is 6.61 Å². The summed E-state index contributed by atoms with van der Waals surface area (Å²) >= 11 is 2.10. The summed E-state index contributed by atoms with van der Waals surface area (Å²) in [4.78, 5) is 12.3. The molecular weight excluding hydrogens is 480 g/mol. The largest absolute Gasteiger partial charge is 0.488 e. The zero-order valence-electron chi connectivity index (χ0n) is 15.5. The molecule has 0 aliphatic heterocycles. The van der Waals surface area contributed by atoms with E-state index in [1.165, 1.54) is 22.3 Å². The van der Waals surface area contributed by atoms with Gasteiger partial charge in [-0.1, -0.05) is 54.6 Å². The van der Waals surface area contributed by atoms with Crippen molar-refractivity contribution in [1.29, 1.82) is 0 Å². The number of carbonyl (C=O) groups excluding carboxylic acids is 1. The molecule has 0 spiro atoms. The van der Waals surface area contributed by atoms with Gasteiger partial charge in [0.05, 0.1) is 0 Å². The Hall–Kier alpha value is -2.36. The molecule has 3 aromatic carbocycles. The smallest absolute Gasteiger partial charge is 0.449 e. The maximum atomic E-state index is 12.3. The van der Waals surface area contributed by atoms with Crippen LogP contribution >= 0.6 is 22.6 Å². The van der Waals surface area contributed by atoms with Crippen LogP contribution in [0, 0.1) is 3.57 Å². The fraction of sp³-hybridized carbons (Fsp3) is 0.136. The topological polar surface area (TPSA) is 78.8 Å². The Kier molecular flexibility index (Phi) is 5.89. The molecular formula is C22H19BINO4. The third kappa shape index (κ3) is 4.31. The summed E-state index contributed by atoms with van der Waals surface area (Å²) in [6.45, 7) is 0.500. The van der Waals surface area contributed by atoms with Crippen LogP contribution in [0.1, 0.15) is 22.6 Å². The Morgan fingerprint density at radius 2 is 1.62 bits per heavy atom. The van der Waals surface area contributed by atoms with Crippen LogP contribution in [0.5, 0.6) is 0 Å². The Balaban J connectivity index is 1.41. The highest BCUT2D eigenvalue weighted by atomic mass is 127. The molecule has 5 nitrogen and oxygen atoms in total. The zero-order chi connectivity index (χ0) is 20.4. The summed E-state index contributed by atoms with van der Waals surface area (Å²) in [6.07, 6.45) is -0.503. The summed E-state index contributed by atoms with van der Waals surface area (Å²) in [5.74, 6) is 0.0157. The molecule has 4 rings (SSSR count). The molecule has 0 atom stereocenters. The monoisotopic (exact) mass is 499 g/mol. The second-order valence-corrected chi connectivity index (χ2v) is 8.19. The van der Waals surface area contributed by atoms with E-state index in [-0.39, 0.29) is 19.1 Å². The normalized spacial score (nSPS) is 12.2. The van der Waals surface area contributed by atoms with Crippen molar-refractivity contribution < 1.29 is 19.6 Å². The molecule has 1 aliphatic carbocycles. The maximum Gasteiger partial charge on any atom is 0.488 e. The molecule has 7 heteroatoms. The molecule has 0 saturated carbocycles. The second-order valence-electron chi connectivity index (χ2n) is 6.95. The van der Waals surface area contributed by atoms with Crippen molar-refractivity contribution in [3.8, 4) is 11.1 Å². The third-order valence-corrected chi connectivity index (χ3v) is 5.68. The lowest BCUT2D eigenvalue weighted by Gasteiger charge is -2.15. The van der Waals surface area contributed by atoms with E-state index in [0.717, 1.165) is 9.13 Å². The van der Waals surface area contributed by atoms with Crippen molar-refractivity contribution in [2.24, 2.45) is 0 Å². The molecule has 0 fully saturated rings. The SMILES string of the molecule is O=C(NCc1cc(I)cc(B(O)O)c1)OCC1c2ccccc2-c2ccccc21. The molecule has 0 saturated heterocycles. The summed E-state index contributed by atoms with van der Waals surface area (Å²) in [5, 5.41) is 21.4. The highest BCUT2D eigenvalue weighted by Crippen LogP contribution is 2.44. The van der Waals surface area contributed by atoms with Gasteiger partial charge in [-0.2, -0.15) is 0 Å². The van der Waals surface area contributed by atoms with Gasteiger partial charge in [0.15, 0.2) is 0 Å². The molecule has 0 unspecified atom stereocenters. The highest BCUT2D eigenvalue weighted by molar-refractivity contribution is 14.1. The van der Waals surface area contributed by atoms with Crippen LogP contribution in [0.25, 0.3) is 11.1 Å². The van der Waals surface area contributed by atoms with Crippen LogP contribution in [0.15, 0.2) is 66.7 Å². The number of carbonyl (C=O) groups is 1. The van der Waals surface area contributed by atoms with E-state index in [2.05, 4.69) is 52.2 Å². The second kappa shape index (κ2) is 8.56. The van der Waals surface area contributed by atoms with Gasteiger partial charge in [0.25, 0.3) is 0 Å². The first-order valence-electron chi connectivity index (χ1n) is 9.27. The first-order chi connectivity index (χ1) is 14.0. The fourth-order valence-electron chi connectivity index (χ4n) is 3.75. The lowest BCUT2D eigenvalue weighted by atomic mass is 9.79. The van der Waals surface area contributed by atoms with Gasteiger partial charge in [-0.25, -0.2) is 4.79 Å². The average molecular weight is 499 g/mol. The number of rotatable bonds is 5. The van der Waals surface area contributed by atoms with Gasteiger partial charge in [-0.3, -0.25) is 0 Å². The van der Waals surface area contributed by atoms with E-state index in [1.54, 1.807) is 12.1 Å². The minimum Gasteiger partial charge on any atom is -0.449 e. The molecule has 0 radical (unpaired) electrons. The average Bonchev–Trinajstić information content (AvgIpc) is 3.04. The first kappa shape index (κ1) is 19.9. The predicted molar refractivity (Wildman–Crippen MR) is 121 cm³/mol. The molecule has 146 valence electrons. The van der Waals surface area contributed by atoms with Crippen molar-refractivity contribution in [1.82, 2.24) is 5.32 Å².